The Bertz CT molecular complexity index is 436. The molecule has 0 saturated carbocycles. The molecule has 2 rings (SSSR count). The first-order chi connectivity index (χ1) is 11.4. The van der Waals surface area contributed by atoms with Gasteiger partial charge in [-0.05, 0) is 20.3 Å². The maximum absolute atomic E-state index is 12.3. The van der Waals surface area contributed by atoms with Crippen molar-refractivity contribution >= 4 is 11.8 Å². The summed E-state index contributed by atoms with van der Waals surface area (Å²) in [7, 11) is 0. The molecule has 0 bridgehead atoms. The number of rotatable bonds is 5. The van der Waals surface area contributed by atoms with Crippen LogP contribution in [0.25, 0.3) is 0 Å². The molecule has 24 heavy (non-hydrogen) atoms. The number of carbonyl (C=O) groups excluding carboxylic acids is 2. The molecule has 0 atom stereocenters. The van der Waals surface area contributed by atoms with Crippen molar-refractivity contribution in [1.82, 2.24) is 20.0 Å². The van der Waals surface area contributed by atoms with E-state index in [1.54, 1.807) is 6.92 Å². The summed E-state index contributed by atoms with van der Waals surface area (Å²) >= 11 is 0. The highest BCUT2D eigenvalue weighted by atomic mass is 16.5. The van der Waals surface area contributed by atoms with Crippen molar-refractivity contribution in [3.8, 4) is 0 Å². The average molecular weight is 340 g/mol. The van der Waals surface area contributed by atoms with Gasteiger partial charge in [0.15, 0.2) is 0 Å². The zero-order valence-electron chi connectivity index (χ0n) is 15.3. The third kappa shape index (κ3) is 5.72. The van der Waals surface area contributed by atoms with Crippen molar-refractivity contribution in [1.29, 1.82) is 0 Å². The van der Waals surface area contributed by atoms with Gasteiger partial charge in [-0.2, -0.15) is 0 Å². The summed E-state index contributed by atoms with van der Waals surface area (Å²) in [4.78, 5) is 30.1. The van der Waals surface area contributed by atoms with E-state index >= 15 is 0 Å². The smallest absolute Gasteiger partial charge is 0.234 e. The first-order valence-corrected chi connectivity index (χ1v) is 8.96. The van der Waals surface area contributed by atoms with Gasteiger partial charge in [0, 0.05) is 58.3 Å². The zero-order valence-corrected chi connectivity index (χ0v) is 15.3. The van der Waals surface area contributed by atoms with Crippen LogP contribution in [0.2, 0.25) is 0 Å². The molecular weight excluding hydrogens is 308 g/mol. The Kier molecular flexibility index (Phi) is 7.01. The summed E-state index contributed by atoms with van der Waals surface area (Å²) in [6, 6.07) is 0. The van der Waals surface area contributed by atoms with Crippen LogP contribution in [-0.2, 0) is 14.3 Å². The van der Waals surface area contributed by atoms with E-state index in [1.165, 1.54) is 0 Å². The Morgan fingerprint density at radius 1 is 1.04 bits per heavy atom. The van der Waals surface area contributed by atoms with E-state index in [1.807, 2.05) is 4.90 Å². The van der Waals surface area contributed by atoms with Gasteiger partial charge in [0.25, 0.3) is 0 Å². The predicted molar refractivity (Wildman–Crippen MR) is 92.8 cm³/mol. The molecule has 138 valence electrons. The Labute approximate surface area is 145 Å². The standard InChI is InChI=1S/C17H32N4O3/c1-15(22)20-6-4-5-19(7-8-20)13-16(23)18-14-17(2,3)21-9-11-24-12-10-21/h4-14H2,1-3H3,(H,18,23). The molecule has 0 aromatic heterocycles. The summed E-state index contributed by atoms with van der Waals surface area (Å²) in [5.41, 5.74) is -0.0658. The van der Waals surface area contributed by atoms with Crippen molar-refractivity contribution < 1.29 is 14.3 Å². The molecule has 2 heterocycles. The third-order valence-corrected chi connectivity index (χ3v) is 4.99. The van der Waals surface area contributed by atoms with Crippen molar-refractivity contribution in [3.63, 3.8) is 0 Å². The lowest BCUT2D eigenvalue weighted by Crippen LogP contribution is -2.56. The second-order valence-corrected chi connectivity index (χ2v) is 7.32. The van der Waals surface area contributed by atoms with Gasteiger partial charge in [0.05, 0.1) is 19.8 Å². The Morgan fingerprint density at radius 3 is 2.42 bits per heavy atom. The minimum absolute atomic E-state index is 0.0626. The topological polar surface area (TPSA) is 65.1 Å². The number of hydrogen-bond donors (Lipinski definition) is 1. The van der Waals surface area contributed by atoms with Crippen LogP contribution in [0.5, 0.6) is 0 Å². The van der Waals surface area contributed by atoms with E-state index in [4.69, 9.17) is 4.74 Å². The van der Waals surface area contributed by atoms with E-state index in [9.17, 15) is 9.59 Å². The summed E-state index contributed by atoms with van der Waals surface area (Å²) in [5.74, 6) is 0.182. The molecule has 7 nitrogen and oxygen atoms in total. The van der Waals surface area contributed by atoms with Gasteiger partial charge in [-0.3, -0.25) is 19.4 Å². The van der Waals surface area contributed by atoms with Crippen LogP contribution < -0.4 is 5.32 Å². The highest BCUT2D eigenvalue weighted by molar-refractivity contribution is 5.78. The first kappa shape index (κ1) is 19.1. The second-order valence-electron chi connectivity index (χ2n) is 7.32. The molecule has 2 fully saturated rings. The molecule has 2 amide bonds. The van der Waals surface area contributed by atoms with Crippen molar-refractivity contribution in [2.24, 2.45) is 0 Å². The lowest BCUT2D eigenvalue weighted by Gasteiger charge is -2.41. The predicted octanol–water partition coefficient (Wildman–Crippen LogP) is -0.232. The molecule has 1 N–H and O–H groups in total. The van der Waals surface area contributed by atoms with E-state index in [-0.39, 0.29) is 17.4 Å². The molecule has 0 spiro atoms. The third-order valence-electron chi connectivity index (χ3n) is 4.99. The van der Waals surface area contributed by atoms with Gasteiger partial charge in [0.2, 0.25) is 11.8 Å². The van der Waals surface area contributed by atoms with Crippen LogP contribution in [-0.4, -0.2) is 97.6 Å². The number of amides is 2. The van der Waals surface area contributed by atoms with E-state index in [0.29, 0.717) is 19.6 Å². The maximum Gasteiger partial charge on any atom is 0.234 e. The fourth-order valence-electron chi connectivity index (χ4n) is 3.30. The highest BCUT2D eigenvalue weighted by Crippen LogP contribution is 2.15. The van der Waals surface area contributed by atoms with Gasteiger partial charge in [-0.1, -0.05) is 0 Å². The van der Waals surface area contributed by atoms with Crippen LogP contribution in [0, 0.1) is 0 Å². The molecular formula is C17H32N4O3. The summed E-state index contributed by atoms with van der Waals surface area (Å²) < 4.78 is 5.39. The average Bonchev–Trinajstić information content (AvgIpc) is 2.80. The van der Waals surface area contributed by atoms with Crippen LogP contribution in [0.1, 0.15) is 27.2 Å². The molecule has 2 aliphatic heterocycles. The van der Waals surface area contributed by atoms with Gasteiger partial charge in [-0.15, -0.1) is 0 Å². The monoisotopic (exact) mass is 340 g/mol. The lowest BCUT2D eigenvalue weighted by atomic mass is 10.0. The first-order valence-electron chi connectivity index (χ1n) is 8.96. The second kappa shape index (κ2) is 8.78. The number of morpholine rings is 1. The zero-order chi connectivity index (χ0) is 17.6. The molecule has 0 unspecified atom stereocenters. The van der Waals surface area contributed by atoms with Crippen LogP contribution in [0.4, 0.5) is 0 Å². The Balaban J connectivity index is 1.73. The van der Waals surface area contributed by atoms with Crippen LogP contribution >= 0.6 is 0 Å². The minimum atomic E-state index is -0.0658. The van der Waals surface area contributed by atoms with E-state index in [0.717, 1.165) is 52.4 Å². The normalized spacial score (nSPS) is 21.4. The van der Waals surface area contributed by atoms with Gasteiger partial charge in [0.1, 0.15) is 0 Å². The van der Waals surface area contributed by atoms with Crippen molar-refractivity contribution in [2.75, 3.05) is 65.6 Å². The number of ether oxygens (including phenoxy) is 1. The number of nitrogens with zero attached hydrogens (tertiary/aromatic N) is 3. The summed E-state index contributed by atoms with van der Waals surface area (Å²) in [6.07, 6.45) is 0.923. The highest BCUT2D eigenvalue weighted by Gasteiger charge is 2.28. The van der Waals surface area contributed by atoms with Gasteiger partial charge >= 0.3 is 0 Å². The number of carbonyl (C=O) groups is 2. The molecule has 0 aromatic carbocycles. The molecule has 2 saturated heterocycles. The molecule has 0 radical (unpaired) electrons. The van der Waals surface area contributed by atoms with Crippen molar-refractivity contribution in [2.45, 2.75) is 32.7 Å². The summed E-state index contributed by atoms with van der Waals surface area (Å²) in [6.45, 7) is 13.5. The fourth-order valence-corrected chi connectivity index (χ4v) is 3.30. The van der Waals surface area contributed by atoms with Crippen LogP contribution in [0.15, 0.2) is 0 Å². The molecule has 0 aromatic rings. The molecule has 0 aliphatic carbocycles. The van der Waals surface area contributed by atoms with Crippen molar-refractivity contribution in [3.05, 3.63) is 0 Å². The quantitative estimate of drug-likeness (QED) is 0.749. The lowest BCUT2D eigenvalue weighted by molar-refractivity contribution is -0.128. The van der Waals surface area contributed by atoms with Gasteiger partial charge < -0.3 is 15.0 Å². The largest absolute Gasteiger partial charge is 0.379 e. The fraction of sp³-hybridized carbons (Fsp3) is 0.882. The Morgan fingerprint density at radius 2 is 1.75 bits per heavy atom. The minimum Gasteiger partial charge on any atom is -0.379 e. The maximum atomic E-state index is 12.3. The van der Waals surface area contributed by atoms with E-state index in [2.05, 4.69) is 29.0 Å². The molecule has 7 heteroatoms. The van der Waals surface area contributed by atoms with Crippen LogP contribution in [0.3, 0.4) is 0 Å². The number of nitrogens with one attached hydrogen (secondary N) is 1. The Hall–Kier alpha value is -1.18. The van der Waals surface area contributed by atoms with Gasteiger partial charge in [-0.25, -0.2) is 0 Å². The number of hydrogen-bond acceptors (Lipinski definition) is 5. The van der Waals surface area contributed by atoms with E-state index < -0.39 is 0 Å². The molecule has 2 aliphatic rings. The summed E-state index contributed by atoms with van der Waals surface area (Å²) in [5, 5.41) is 3.08. The SMILES string of the molecule is CC(=O)N1CCCN(CC(=O)NCC(C)(C)N2CCOCC2)CC1.